The second-order valence-corrected chi connectivity index (χ2v) is 7.01. The Morgan fingerprint density at radius 3 is 2.68 bits per heavy atom. The fourth-order valence-electron chi connectivity index (χ4n) is 2.41. The Kier molecular flexibility index (Phi) is 6.96. The molecule has 1 aromatic heterocycles. The van der Waals surface area contributed by atoms with Crippen LogP contribution in [0.4, 0.5) is 0 Å². The SMILES string of the molecule is CC(=O)c1c(C)nc(C)nc1SCC(=O)NCCc1cccc(Cl)c1. The predicted molar refractivity (Wildman–Crippen MR) is 100 cm³/mol. The summed E-state index contributed by atoms with van der Waals surface area (Å²) >= 11 is 7.19. The van der Waals surface area contributed by atoms with E-state index in [9.17, 15) is 9.59 Å². The number of hydrogen-bond acceptors (Lipinski definition) is 5. The molecule has 5 nitrogen and oxygen atoms in total. The zero-order chi connectivity index (χ0) is 18.4. The van der Waals surface area contributed by atoms with E-state index in [1.165, 1.54) is 18.7 Å². The first-order chi connectivity index (χ1) is 11.9. The Bertz CT molecular complexity index is 796. The van der Waals surface area contributed by atoms with Crippen LogP contribution in [0.25, 0.3) is 0 Å². The summed E-state index contributed by atoms with van der Waals surface area (Å²) in [4.78, 5) is 32.4. The number of ketones is 1. The monoisotopic (exact) mass is 377 g/mol. The Morgan fingerprint density at radius 1 is 1.24 bits per heavy atom. The van der Waals surface area contributed by atoms with Gasteiger partial charge in [-0.15, -0.1) is 0 Å². The van der Waals surface area contributed by atoms with Crippen molar-refractivity contribution in [2.75, 3.05) is 12.3 Å². The molecular weight excluding hydrogens is 358 g/mol. The van der Waals surface area contributed by atoms with Crippen LogP contribution in [0.2, 0.25) is 5.02 Å². The second kappa shape index (κ2) is 8.97. The van der Waals surface area contributed by atoms with Gasteiger partial charge in [0.1, 0.15) is 10.9 Å². The summed E-state index contributed by atoms with van der Waals surface area (Å²) in [6.45, 7) is 5.56. The number of aryl methyl sites for hydroxylation is 2. The van der Waals surface area contributed by atoms with Gasteiger partial charge in [0.05, 0.1) is 17.0 Å². The number of nitrogens with one attached hydrogen (secondary N) is 1. The Hall–Kier alpha value is -1.92. The molecule has 0 aliphatic rings. The van der Waals surface area contributed by atoms with Gasteiger partial charge in [-0.2, -0.15) is 0 Å². The van der Waals surface area contributed by atoms with Crippen molar-refractivity contribution in [3.63, 3.8) is 0 Å². The lowest BCUT2D eigenvalue weighted by Gasteiger charge is -2.10. The molecule has 0 unspecified atom stereocenters. The van der Waals surface area contributed by atoms with Crippen molar-refractivity contribution in [2.45, 2.75) is 32.2 Å². The first kappa shape index (κ1) is 19.4. The highest BCUT2D eigenvalue weighted by atomic mass is 35.5. The van der Waals surface area contributed by atoms with Crippen molar-refractivity contribution >= 4 is 35.1 Å². The Balaban J connectivity index is 1.89. The molecule has 132 valence electrons. The van der Waals surface area contributed by atoms with Gasteiger partial charge in [0.15, 0.2) is 5.78 Å². The van der Waals surface area contributed by atoms with Gasteiger partial charge < -0.3 is 5.32 Å². The molecule has 0 atom stereocenters. The normalized spacial score (nSPS) is 10.6. The van der Waals surface area contributed by atoms with Gasteiger partial charge in [-0.05, 0) is 44.9 Å². The molecule has 2 aromatic rings. The number of halogens is 1. The predicted octanol–water partition coefficient (Wildman–Crippen LogP) is 3.40. The van der Waals surface area contributed by atoms with Crippen molar-refractivity contribution in [1.29, 1.82) is 0 Å². The van der Waals surface area contributed by atoms with Gasteiger partial charge in [0.25, 0.3) is 0 Å². The molecule has 0 bridgehead atoms. The summed E-state index contributed by atoms with van der Waals surface area (Å²) in [5, 5.41) is 4.11. The van der Waals surface area contributed by atoms with Gasteiger partial charge in [0.2, 0.25) is 5.91 Å². The first-order valence-electron chi connectivity index (χ1n) is 7.87. The van der Waals surface area contributed by atoms with Crippen LogP contribution >= 0.6 is 23.4 Å². The van der Waals surface area contributed by atoms with E-state index in [1.54, 1.807) is 13.8 Å². The number of rotatable bonds is 7. The van der Waals surface area contributed by atoms with Crippen molar-refractivity contribution < 1.29 is 9.59 Å². The average Bonchev–Trinajstić information content (AvgIpc) is 2.52. The number of amides is 1. The number of thioether (sulfide) groups is 1. The lowest BCUT2D eigenvalue weighted by Crippen LogP contribution is -2.27. The second-order valence-electron chi connectivity index (χ2n) is 5.61. The van der Waals surface area contributed by atoms with Crippen LogP contribution < -0.4 is 5.32 Å². The minimum atomic E-state index is -0.101. The van der Waals surface area contributed by atoms with E-state index in [2.05, 4.69) is 15.3 Å². The molecule has 1 N–H and O–H groups in total. The summed E-state index contributed by atoms with van der Waals surface area (Å²) in [7, 11) is 0. The first-order valence-corrected chi connectivity index (χ1v) is 9.23. The maximum atomic E-state index is 12.0. The van der Waals surface area contributed by atoms with E-state index < -0.39 is 0 Å². The van der Waals surface area contributed by atoms with Crippen LogP contribution in [0.1, 0.15) is 34.4 Å². The van der Waals surface area contributed by atoms with E-state index >= 15 is 0 Å². The molecule has 0 spiro atoms. The van der Waals surface area contributed by atoms with Crippen molar-refractivity contribution in [1.82, 2.24) is 15.3 Å². The number of nitrogens with zero attached hydrogens (tertiary/aromatic N) is 2. The molecule has 0 radical (unpaired) electrons. The smallest absolute Gasteiger partial charge is 0.230 e. The number of Topliss-reactive ketones (excluding diaryl/α,β-unsaturated/α-hetero) is 1. The summed E-state index contributed by atoms with van der Waals surface area (Å²) < 4.78 is 0. The Morgan fingerprint density at radius 2 is 2.00 bits per heavy atom. The van der Waals surface area contributed by atoms with Crippen LogP contribution in [0.5, 0.6) is 0 Å². The lowest BCUT2D eigenvalue weighted by molar-refractivity contribution is -0.118. The number of aromatic nitrogens is 2. The number of carbonyl (C=O) groups excluding carboxylic acids is 2. The van der Waals surface area contributed by atoms with Gasteiger partial charge in [-0.1, -0.05) is 35.5 Å². The highest BCUT2D eigenvalue weighted by molar-refractivity contribution is 8.00. The molecule has 25 heavy (non-hydrogen) atoms. The molecule has 0 fully saturated rings. The van der Waals surface area contributed by atoms with Gasteiger partial charge in [-0.25, -0.2) is 9.97 Å². The van der Waals surface area contributed by atoms with E-state index in [0.717, 1.165) is 5.56 Å². The van der Waals surface area contributed by atoms with Gasteiger partial charge >= 0.3 is 0 Å². The maximum absolute atomic E-state index is 12.0. The molecular formula is C18H20ClN3O2S. The summed E-state index contributed by atoms with van der Waals surface area (Å²) in [6, 6.07) is 7.56. The standard InChI is InChI=1S/C18H20ClN3O2S/c1-11-17(12(2)23)18(22-13(3)21-11)25-10-16(24)20-8-7-14-5-4-6-15(19)9-14/h4-6,9H,7-8,10H2,1-3H3,(H,20,24). The third-order valence-corrected chi connectivity index (χ3v) is 4.70. The summed E-state index contributed by atoms with van der Waals surface area (Å²) in [5.41, 5.74) is 2.20. The third kappa shape index (κ3) is 5.83. The van der Waals surface area contributed by atoms with Crippen LogP contribution in [0, 0.1) is 13.8 Å². The minimum Gasteiger partial charge on any atom is -0.355 e. The lowest BCUT2D eigenvalue weighted by atomic mass is 10.1. The number of hydrogen-bond donors (Lipinski definition) is 1. The number of carbonyl (C=O) groups is 2. The zero-order valence-electron chi connectivity index (χ0n) is 14.4. The molecule has 1 amide bonds. The Labute approximate surface area is 156 Å². The molecule has 2 rings (SSSR count). The topological polar surface area (TPSA) is 72.0 Å². The van der Waals surface area contributed by atoms with Crippen molar-refractivity contribution in [3.05, 3.63) is 51.9 Å². The van der Waals surface area contributed by atoms with Crippen molar-refractivity contribution in [2.24, 2.45) is 0 Å². The average molecular weight is 378 g/mol. The van der Waals surface area contributed by atoms with Crippen molar-refractivity contribution in [3.8, 4) is 0 Å². The molecule has 7 heteroatoms. The van der Waals surface area contributed by atoms with E-state index in [1.807, 2.05) is 24.3 Å². The molecule has 0 aliphatic heterocycles. The molecule has 0 saturated carbocycles. The maximum Gasteiger partial charge on any atom is 0.230 e. The molecule has 1 aromatic carbocycles. The van der Waals surface area contributed by atoms with Crippen LogP contribution in [0.3, 0.4) is 0 Å². The third-order valence-electron chi connectivity index (χ3n) is 3.49. The fraction of sp³-hybridized carbons (Fsp3) is 0.333. The quantitative estimate of drug-likeness (QED) is 0.455. The molecule has 0 saturated heterocycles. The summed E-state index contributed by atoms with van der Waals surface area (Å²) in [5.74, 6) is 0.592. The minimum absolute atomic E-state index is 0.0960. The highest BCUT2D eigenvalue weighted by Crippen LogP contribution is 2.23. The number of benzene rings is 1. The van der Waals surface area contributed by atoms with E-state index in [-0.39, 0.29) is 17.4 Å². The van der Waals surface area contributed by atoms with Crippen LogP contribution in [0.15, 0.2) is 29.3 Å². The van der Waals surface area contributed by atoms with Crippen LogP contribution in [-0.4, -0.2) is 34.0 Å². The van der Waals surface area contributed by atoms with E-state index in [0.29, 0.717) is 40.1 Å². The largest absolute Gasteiger partial charge is 0.355 e. The molecule has 1 heterocycles. The fourth-order valence-corrected chi connectivity index (χ4v) is 3.63. The zero-order valence-corrected chi connectivity index (χ0v) is 16.0. The van der Waals surface area contributed by atoms with Gasteiger partial charge in [-0.3, -0.25) is 9.59 Å². The van der Waals surface area contributed by atoms with Crippen LogP contribution in [-0.2, 0) is 11.2 Å². The summed E-state index contributed by atoms with van der Waals surface area (Å²) in [6.07, 6.45) is 0.710. The van der Waals surface area contributed by atoms with Gasteiger partial charge in [0, 0.05) is 11.6 Å². The highest BCUT2D eigenvalue weighted by Gasteiger charge is 2.16. The molecule has 0 aliphatic carbocycles. The van der Waals surface area contributed by atoms with E-state index in [4.69, 9.17) is 11.6 Å².